The van der Waals surface area contributed by atoms with Crippen molar-refractivity contribution in [3.63, 3.8) is 0 Å². The molecule has 0 saturated carbocycles. The van der Waals surface area contributed by atoms with E-state index in [-0.39, 0.29) is 5.91 Å². The maximum atomic E-state index is 12.2. The molecule has 1 fully saturated rings. The number of aryl methyl sites for hydroxylation is 1. The summed E-state index contributed by atoms with van der Waals surface area (Å²) in [6.45, 7) is 7.10. The highest BCUT2D eigenvalue weighted by molar-refractivity contribution is 7.99. The Hall–Kier alpha value is -1.69. The minimum absolute atomic E-state index is 0.140. The van der Waals surface area contributed by atoms with E-state index in [2.05, 4.69) is 47.5 Å². The van der Waals surface area contributed by atoms with Gasteiger partial charge in [0.15, 0.2) is 6.54 Å². The minimum atomic E-state index is 0.140. The first-order valence-corrected chi connectivity index (χ1v) is 10.8. The van der Waals surface area contributed by atoms with Crippen molar-refractivity contribution in [1.29, 1.82) is 0 Å². The molecule has 0 unspecified atom stereocenters. The Morgan fingerprint density at radius 1 is 1.15 bits per heavy atom. The van der Waals surface area contributed by atoms with Crippen LogP contribution in [0.25, 0.3) is 0 Å². The lowest BCUT2D eigenvalue weighted by molar-refractivity contribution is -0.892. The van der Waals surface area contributed by atoms with Crippen LogP contribution >= 0.6 is 23.4 Å². The summed E-state index contributed by atoms with van der Waals surface area (Å²) in [6, 6.07) is 16.5. The van der Waals surface area contributed by atoms with Gasteiger partial charge in [-0.25, -0.2) is 0 Å². The van der Waals surface area contributed by atoms with Crippen molar-refractivity contribution >= 4 is 35.0 Å². The second kappa shape index (κ2) is 10.0. The van der Waals surface area contributed by atoms with Gasteiger partial charge >= 0.3 is 0 Å². The number of halogens is 1. The molecule has 27 heavy (non-hydrogen) atoms. The van der Waals surface area contributed by atoms with E-state index in [4.69, 9.17) is 11.6 Å². The van der Waals surface area contributed by atoms with Crippen LogP contribution in [0.5, 0.6) is 0 Å². The fourth-order valence-electron chi connectivity index (χ4n) is 3.23. The molecule has 2 aromatic rings. The Bertz CT molecular complexity index is 745. The zero-order valence-electron chi connectivity index (χ0n) is 15.7. The Kier molecular flexibility index (Phi) is 7.44. The van der Waals surface area contributed by atoms with Crippen molar-refractivity contribution in [1.82, 2.24) is 5.32 Å². The summed E-state index contributed by atoms with van der Waals surface area (Å²) >= 11 is 8.06. The summed E-state index contributed by atoms with van der Waals surface area (Å²) in [5.74, 6) is 1.03. The predicted molar refractivity (Wildman–Crippen MR) is 114 cm³/mol. The number of nitrogens with one attached hydrogen (secondary N) is 2. The normalized spacial score (nSPS) is 15.0. The number of carbonyl (C=O) groups excluding carboxylic acids is 1. The largest absolute Gasteiger partial charge is 0.359 e. The summed E-state index contributed by atoms with van der Waals surface area (Å²) in [4.78, 5) is 17.1. The van der Waals surface area contributed by atoms with Crippen molar-refractivity contribution in [2.24, 2.45) is 0 Å². The highest BCUT2D eigenvalue weighted by atomic mass is 35.5. The fraction of sp³-hybridized carbons (Fsp3) is 0.381. The number of piperazine rings is 1. The maximum absolute atomic E-state index is 12.2. The lowest BCUT2D eigenvalue weighted by Crippen LogP contribution is -3.16. The molecule has 1 heterocycles. The number of hydrogen-bond acceptors (Lipinski definition) is 3. The van der Waals surface area contributed by atoms with Crippen molar-refractivity contribution < 1.29 is 9.69 Å². The Balaban J connectivity index is 1.33. The van der Waals surface area contributed by atoms with Gasteiger partial charge in [-0.3, -0.25) is 4.79 Å². The number of anilines is 1. The highest BCUT2D eigenvalue weighted by Crippen LogP contribution is 2.24. The number of quaternary nitrogens is 1. The lowest BCUT2D eigenvalue weighted by atomic mass is 10.2. The molecule has 0 bridgehead atoms. The number of hydrogen-bond donors (Lipinski definition) is 2. The van der Waals surface area contributed by atoms with E-state index in [1.165, 1.54) is 15.4 Å². The lowest BCUT2D eigenvalue weighted by Gasteiger charge is -2.33. The summed E-state index contributed by atoms with van der Waals surface area (Å²) in [5, 5.41) is 3.84. The van der Waals surface area contributed by atoms with E-state index >= 15 is 0 Å². The Morgan fingerprint density at radius 3 is 2.56 bits per heavy atom. The molecule has 1 aliphatic heterocycles. The molecule has 2 N–H and O–H groups in total. The van der Waals surface area contributed by atoms with Crippen LogP contribution in [0.15, 0.2) is 53.4 Å². The van der Waals surface area contributed by atoms with Crippen LogP contribution in [-0.2, 0) is 4.79 Å². The molecule has 144 valence electrons. The summed E-state index contributed by atoms with van der Waals surface area (Å²) in [6.07, 6.45) is 0. The van der Waals surface area contributed by atoms with Gasteiger partial charge in [-0.1, -0.05) is 41.4 Å². The number of benzene rings is 2. The number of amides is 1. The molecule has 1 aliphatic rings. The second-order valence-electron chi connectivity index (χ2n) is 6.88. The monoisotopic (exact) mass is 404 g/mol. The molecule has 0 atom stereocenters. The van der Waals surface area contributed by atoms with Crippen LogP contribution in [0.1, 0.15) is 5.56 Å². The van der Waals surface area contributed by atoms with Gasteiger partial charge in [-0.15, -0.1) is 11.8 Å². The van der Waals surface area contributed by atoms with Crippen molar-refractivity contribution in [3.8, 4) is 0 Å². The van der Waals surface area contributed by atoms with E-state index < -0.39 is 0 Å². The average Bonchev–Trinajstić information content (AvgIpc) is 2.68. The van der Waals surface area contributed by atoms with E-state index in [1.54, 1.807) is 11.8 Å². The van der Waals surface area contributed by atoms with Crippen LogP contribution < -0.4 is 15.1 Å². The quantitative estimate of drug-likeness (QED) is 0.549. The molecule has 0 spiro atoms. The molecular formula is C21H27ClN3OS+. The van der Waals surface area contributed by atoms with Crippen molar-refractivity contribution in [3.05, 3.63) is 59.1 Å². The van der Waals surface area contributed by atoms with Crippen LogP contribution in [0.3, 0.4) is 0 Å². The Labute approximate surface area is 170 Å². The molecule has 0 aromatic heterocycles. The third-order valence-electron chi connectivity index (χ3n) is 4.79. The first-order chi connectivity index (χ1) is 13.1. The first-order valence-electron chi connectivity index (χ1n) is 9.41. The second-order valence-corrected chi connectivity index (χ2v) is 8.45. The van der Waals surface area contributed by atoms with Crippen molar-refractivity contribution in [2.45, 2.75) is 11.8 Å². The summed E-state index contributed by atoms with van der Waals surface area (Å²) < 4.78 is 0. The zero-order chi connectivity index (χ0) is 19.1. The van der Waals surface area contributed by atoms with Crippen LogP contribution in [-0.4, -0.2) is 50.9 Å². The highest BCUT2D eigenvalue weighted by Gasteiger charge is 2.23. The molecule has 0 aliphatic carbocycles. The third-order valence-corrected chi connectivity index (χ3v) is 6.12. The molecule has 1 saturated heterocycles. The van der Waals surface area contributed by atoms with E-state index in [1.807, 2.05) is 18.2 Å². The standard InChI is InChI=1S/C21H26ClN3OS/c1-17-6-8-18(9-7-17)27-15-10-23-21(26)16-24-11-13-25(14-12-24)20-5-3-2-4-19(20)22/h2-9H,10-16H2,1H3,(H,23,26)/p+1. The van der Waals surface area contributed by atoms with Gasteiger partial charge in [0, 0.05) is 17.2 Å². The minimum Gasteiger partial charge on any atom is -0.359 e. The molecule has 6 heteroatoms. The van der Waals surface area contributed by atoms with E-state index in [0.29, 0.717) is 13.1 Å². The van der Waals surface area contributed by atoms with Crippen LogP contribution in [0.4, 0.5) is 5.69 Å². The van der Waals surface area contributed by atoms with E-state index in [9.17, 15) is 4.79 Å². The molecule has 4 nitrogen and oxygen atoms in total. The first kappa shape index (κ1) is 20.1. The van der Waals surface area contributed by atoms with Gasteiger partial charge in [0.1, 0.15) is 0 Å². The van der Waals surface area contributed by atoms with Crippen molar-refractivity contribution in [2.75, 3.05) is 49.9 Å². The summed E-state index contributed by atoms with van der Waals surface area (Å²) in [5.41, 5.74) is 2.36. The number of nitrogens with zero attached hydrogens (tertiary/aromatic N) is 1. The fourth-order valence-corrected chi connectivity index (χ4v) is 4.26. The third kappa shape index (κ3) is 6.16. The number of rotatable bonds is 7. The topological polar surface area (TPSA) is 36.8 Å². The molecular weight excluding hydrogens is 378 g/mol. The number of thioether (sulfide) groups is 1. The average molecular weight is 405 g/mol. The summed E-state index contributed by atoms with van der Waals surface area (Å²) in [7, 11) is 0. The smallest absolute Gasteiger partial charge is 0.275 e. The van der Waals surface area contributed by atoms with Gasteiger partial charge in [-0.2, -0.15) is 0 Å². The van der Waals surface area contributed by atoms with Gasteiger partial charge in [0.2, 0.25) is 0 Å². The molecule has 1 amide bonds. The number of para-hydroxylation sites is 1. The van der Waals surface area contributed by atoms with Gasteiger partial charge in [-0.05, 0) is 31.2 Å². The molecule has 0 radical (unpaired) electrons. The maximum Gasteiger partial charge on any atom is 0.275 e. The van der Waals surface area contributed by atoms with Gasteiger partial charge in [0.25, 0.3) is 5.91 Å². The Morgan fingerprint density at radius 2 is 1.85 bits per heavy atom. The van der Waals surface area contributed by atoms with Gasteiger partial charge < -0.3 is 15.1 Å². The number of carbonyl (C=O) groups is 1. The van der Waals surface area contributed by atoms with E-state index in [0.717, 1.165) is 42.6 Å². The molecule has 2 aromatic carbocycles. The SMILES string of the molecule is Cc1ccc(SCCNC(=O)C[NH+]2CCN(c3ccccc3Cl)CC2)cc1. The predicted octanol–water partition coefficient (Wildman–Crippen LogP) is 2.26. The van der Waals surface area contributed by atoms with Crippen LogP contribution in [0, 0.1) is 6.92 Å². The molecule has 3 rings (SSSR count). The van der Waals surface area contributed by atoms with Crippen LogP contribution in [0.2, 0.25) is 5.02 Å². The zero-order valence-corrected chi connectivity index (χ0v) is 17.3. The van der Waals surface area contributed by atoms with Gasteiger partial charge in [0.05, 0.1) is 36.9 Å².